The first-order chi connectivity index (χ1) is 9.08. The third-order valence-electron chi connectivity index (χ3n) is 3.12. The Kier molecular flexibility index (Phi) is 4.33. The number of nitrogens with one attached hydrogen (secondary N) is 1. The molecule has 0 aliphatic rings. The van der Waals surface area contributed by atoms with Crippen molar-refractivity contribution in [2.24, 2.45) is 0 Å². The third kappa shape index (κ3) is 3.42. The average molecular weight is 276 g/mol. The summed E-state index contributed by atoms with van der Waals surface area (Å²) < 4.78 is 0. The minimum absolute atomic E-state index is 0.222. The van der Waals surface area contributed by atoms with E-state index in [0.717, 1.165) is 11.3 Å². The van der Waals surface area contributed by atoms with Crippen LogP contribution < -0.4 is 5.32 Å². The number of halogens is 1. The standard InChI is InChI=1S/C16H18ClNO/c1-11(2)12-5-3-6-13(9-12)18-10-14-15(17)7-4-8-16(14)19/h3-9,11,18-19H,10H2,1-2H3. The number of phenolic OH excluding ortho intramolecular Hbond substituents is 1. The van der Waals surface area contributed by atoms with Crippen LogP contribution in [0.3, 0.4) is 0 Å². The molecule has 0 spiro atoms. The third-order valence-corrected chi connectivity index (χ3v) is 3.47. The van der Waals surface area contributed by atoms with Gasteiger partial charge in [0.2, 0.25) is 0 Å². The zero-order chi connectivity index (χ0) is 13.8. The van der Waals surface area contributed by atoms with Gasteiger partial charge in [-0.15, -0.1) is 0 Å². The van der Waals surface area contributed by atoms with Crippen LogP contribution in [0.1, 0.15) is 30.9 Å². The largest absolute Gasteiger partial charge is 0.508 e. The predicted octanol–water partition coefficient (Wildman–Crippen LogP) is 4.78. The fourth-order valence-electron chi connectivity index (χ4n) is 1.92. The average Bonchev–Trinajstić information content (AvgIpc) is 2.38. The molecule has 0 amide bonds. The normalized spacial score (nSPS) is 10.7. The van der Waals surface area contributed by atoms with Gasteiger partial charge in [-0.05, 0) is 35.7 Å². The van der Waals surface area contributed by atoms with E-state index in [9.17, 15) is 5.11 Å². The first-order valence-corrected chi connectivity index (χ1v) is 6.76. The van der Waals surface area contributed by atoms with E-state index in [1.807, 2.05) is 12.1 Å². The number of anilines is 1. The van der Waals surface area contributed by atoms with Crippen LogP contribution in [0, 0.1) is 0 Å². The van der Waals surface area contributed by atoms with Crippen LogP contribution in [0.4, 0.5) is 5.69 Å². The van der Waals surface area contributed by atoms with Gasteiger partial charge in [-0.25, -0.2) is 0 Å². The Bertz CT molecular complexity index is 546. The van der Waals surface area contributed by atoms with Gasteiger partial charge in [-0.3, -0.25) is 0 Å². The van der Waals surface area contributed by atoms with Crippen LogP contribution in [0.2, 0.25) is 5.02 Å². The molecule has 2 aromatic carbocycles. The monoisotopic (exact) mass is 275 g/mol. The fourth-order valence-corrected chi connectivity index (χ4v) is 2.16. The lowest BCUT2D eigenvalue weighted by Crippen LogP contribution is -2.01. The van der Waals surface area contributed by atoms with Crippen molar-refractivity contribution in [1.29, 1.82) is 0 Å². The molecule has 0 radical (unpaired) electrons. The highest BCUT2D eigenvalue weighted by Gasteiger charge is 2.06. The summed E-state index contributed by atoms with van der Waals surface area (Å²) in [7, 11) is 0. The second-order valence-corrected chi connectivity index (χ2v) is 5.28. The Morgan fingerprint density at radius 3 is 2.58 bits per heavy atom. The molecule has 0 aliphatic carbocycles. The molecule has 0 saturated heterocycles. The first-order valence-electron chi connectivity index (χ1n) is 6.38. The Hall–Kier alpha value is -1.67. The fraction of sp³-hybridized carbons (Fsp3) is 0.250. The van der Waals surface area contributed by atoms with Gasteiger partial charge in [0.25, 0.3) is 0 Å². The van der Waals surface area contributed by atoms with E-state index in [-0.39, 0.29) is 5.75 Å². The maximum Gasteiger partial charge on any atom is 0.122 e. The van der Waals surface area contributed by atoms with E-state index < -0.39 is 0 Å². The highest BCUT2D eigenvalue weighted by Crippen LogP contribution is 2.26. The predicted molar refractivity (Wildman–Crippen MR) is 81.0 cm³/mol. The molecule has 2 aromatic rings. The quantitative estimate of drug-likeness (QED) is 0.841. The van der Waals surface area contributed by atoms with Crippen molar-refractivity contribution in [3.05, 3.63) is 58.6 Å². The number of rotatable bonds is 4. The van der Waals surface area contributed by atoms with Gasteiger partial charge < -0.3 is 10.4 Å². The molecule has 19 heavy (non-hydrogen) atoms. The molecule has 0 atom stereocenters. The Morgan fingerprint density at radius 1 is 1.16 bits per heavy atom. The van der Waals surface area contributed by atoms with Crippen LogP contribution in [-0.2, 0) is 6.54 Å². The molecule has 0 aromatic heterocycles. The lowest BCUT2D eigenvalue weighted by Gasteiger charge is -2.12. The van der Waals surface area contributed by atoms with Crippen molar-refractivity contribution in [3.8, 4) is 5.75 Å². The van der Waals surface area contributed by atoms with E-state index in [1.165, 1.54) is 5.56 Å². The van der Waals surface area contributed by atoms with Crippen LogP contribution in [-0.4, -0.2) is 5.11 Å². The molecule has 0 aliphatic heterocycles. The zero-order valence-electron chi connectivity index (χ0n) is 11.2. The van der Waals surface area contributed by atoms with Gasteiger partial charge in [0.1, 0.15) is 5.75 Å². The van der Waals surface area contributed by atoms with Crippen molar-refractivity contribution < 1.29 is 5.11 Å². The molecule has 0 fully saturated rings. The van der Waals surface area contributed by atoms with E-state index in [4.69, 9.17) is 11.6 Å². The summed E-state index contributed by atoms with van der Waals surface area (Å²) in [4.78, 5) is 0. The smallest absolute Gasteiger partial charge is 0.122 e. The van der Waals surface area contributed by atoms with Gasteiger partial charge in [-0.1, -0.05) is 43.6 Å². The molecule has 0 unspecified atom stereocenters. The maximum absolute atomic E-state index is 9.79. The Morgan fingerprint density at radius 2 is 1.89 bits per heavy atom. The lowest BCUT2D eigenvalue weighted by molar-refractivity contribution is 0.469. The van der Waals surface area contributed by atoms with Gasteiger partial charge >= 0.3 is 0 Å². The second-order valence-electron chi connectivity index (χ2n) is 4.87. The van der Waals surface area contributed by atoms with Gasteiger partial charge in [0, 0.05) is 22.8 Å². The van der Waals surface area contributed by atoms with Crippen molar-refractivity contribution >= 4 is 17.3 Å². The molecule has 2 nitrogen and oxygen atoms in total. The van der Waals surface area contributed by atoms with E-state index in [2.05, 4.69) is 31.3 Å². The van der Waals surface area contributed by atoms with Crippen molar-refractivity contribution in [1.82, 2.24) is 0 Å². The highest BCUT2D eigenvalue weighted by molar-refractivity contribution is 6.31. The summed E-state index contributed by atoms with van der Waals surface area (Å²) in [6.45, 7) is 4.84. The number of aromatic hydroxyl groups is 1. The number of benzene rings is 2. The molecule has 0 saturated carbocycles. The molecule has 3 heteroatoms. The minimum Gasteiger partial charge on any atom is -0.508 e. The van der Waals surface area contributed by atoms with E-state index >= 15 is 0 Å². The maximum atomic E-state index is 9.79. The summed E-state index contributed by atoms with van der Waals surface area (Å²) in [5.74, 6) is 0.718. The summed E-state index contributed by atoms with van der Waals surface area (Å²) in [6.07, 6.45) is 0. The molecular formula is C16H18ClNO. The molecule has 2 N–H and O–H groups in total. The topological polar surface area (TPSA) is 32.3 Å². The van der Waals surface area contributed by atoms with Crippen molar-refractivity contribution in [2.45, 2.75) is 26.3 Å². The first kappa shape index (κ1) is 13.8. The van der Waals surface area contributed by atoms with E-state index in [1.54, 1.807) is 18.2 Å². The molecule has 100 valence electrons. The Labute approximate surface area is 119 Å². The van der Waals surface area contributed by atoms with Crippen molar-refractivity contribution in [2.75, 3.05) is 5.32 Å². The molecule has 2 rings (SSSR count). The van der Waals surface area contributed by atoms with Crippen LogP contribution in [0.15, 0.2) is 42.5 Å². The number of hydrogen-bond acceptors (Lipinski definition) is 2. The second kappa shape index (κ2) is 5.98. The number of phenols is 1. The molecular weight excluding hydrogens is 258 g/mol. The van der Waals surface area contributed by atoms with Gasteiger partial charge in [0.15, 0.2) is 0 Å². The summed E-state index contributed by atoms with van der Waals surface area (Å²) in [5.41, 5.74) is 3.04. The van der Waals surface area contributed by atoms with Crippen LogP contribution >= 0.6 is 11.6 Å². The highest BCUT2D eigenvalue weighted by atomic mass is 35.5. The SMILES string of the molecule is CC(C)c1cccc(NCc2c(O)cccc2Cl)c1. The lowest BCUT2D eigenvalue weighted by atomic mass is 10.0. The molecule has 0 bridgehead atoms. The van der Waals surface area contributed by atoms with Crippen molar-refractivity contribution in [3.63, 3.8) is 0 Å². The zero-order valence-corrected chi connectivity index (χ0v) is 11.9. The van der Waals surface area contributed by atoms with Gasteiger partial charge in [0.05, 0.1) is 0 Å². The number of hydrogen-bond donors (Lipinski definition) is 2. The summed E-state index contributed by atoms with van der Waals surface area (Å²) in [6, 6.07) is 13.4. The minimum atomic E-state index is 0.222. The summed E-state index contributed by atoms with van der Waals surface area (Å²) in [5, 5.41) is 13.7. The molecule has 0 heterocycles. The van der Waals surface area contributed by atoms with Crippen LogP contribution in [0.25, 0.3) is 0 Å². The Balaban J connectivity index is 2.12. The van der Waals surface area contributed by atoms with Gasteiger partial charge in [-0.2, -0.15) is 0 Å². The summed E-state index contributed by atoms with van der Waals surface area (Å²) >= 11 is 6.08. The van der Waals surface area contributed by atoms with E-state index in [0.29, 0.717) is 17.5 Å². The van der Waals surface area contributed by atoms with Crippen LogP contribution in [0.5, 0.6) is 5.75 Å².